The second-order valence-electron chi connectivity index (χ2n) is 26.2. The normalized spacial score (nSPS) is 12.6. The van der Waals surface area contributed by atoms with Crippen molar-refractivity contribution in [2.45, 2.75) is 228 Å². The third-order valence-corrected chi connectivity index (χ3v) is 12.2. The molecule has 0 bridgehead atoms. The number of ether oxygens (including phenoxy) is 6. The molecule has 0 unspecified atom stereocenters. The van der Waals surface area contributed by atoms with Crippen LogP contribution in [0.2, 0.25) is 0 Å². The second kappa shape index (κ2) is 26.0. The molecular formula is C61H91NO13. The third-order valence-electron chi connectivity index (χ3n) is 12.2. The van der Waals surface area contributed by atoms with E-state index in [-0.39, 0.29) is 57.5 Å². The van der Waals surface area contributed by atoms with Gasteiger partial charge in [0, 0.05) is 24.2 Å². The molecule has 3 aromatic rings. The molecule has 14 heteroatoms. The average molecular weight is 1050 g/mol. The number of nitrogens with zero attached hydrogens (tertiary/aromatic N) is 1. The number of carbonyl (C=O) groups is 6. The number of esters is 6. The molecule has 0 aliphatic heterocycles. The van der Waals surface area contributed by atoms with E-state index >= 15 is 4.79 Å². The molecule has 0 atom stereocenters. The lowest BCUT2D eigenvalue weighted by Gasteiger charge is -2.26. The van der Waals surface area contributed by atoms with Gasteiger partial charge in [-0.25, -0.2) is 0 Å². The Hall–Kier alpha value is -5.53. The molecule has 0 N–H and O–H groups in total. The Bertz CT molecular complexity index is 2530. The van der Waals surface area contributed by atoms with Crippen LogP contribution >= 0.6 is 0 Å². The number of unbranched alkanes of at least 4 members (excludes halogenated alkanes) is 13. The fraction of sp³-hybridized carbons (Fsp3) is 0.656. The maximum atomic E-state index is 15.6. The first-order chi connectivity index (χ1) is 34.4. The van der Waals surface area contributed by atoms with Crippen LogP contribution in [0.3, 0.4) is 0 Å². The molecule has 0 saturated carbocycles. The minimum absolute atomic E-state index is 0.0259. The monoisotopic (exact) mass is 1050 g/mol. The van der Waals surface area contributed by atoms with E-state index in [0.29, 0.717) is 6.42 Å². The molecule has 2 aromatic carbocycles. The van der Waals surface area contributed by atoms with Gasteiger partial charge in [0.15, 0.2) is 11.5 Å². The summed E-state index contributed by atoms with van der Waals surface area (Å²) in [5.41, 5.74) is -7.18. The Morgan fingerprint density at radius 1 is 0.387 bits per heavy atom. The Kier molecular flexibility index (Phi) is 22.1. The van der Waals surface area contributed by atoms with Crippen LogP contribution in [0.15, 0.2) is 29.1 Å². The minimum atomic E-state index is -1.16. The standard InChI is InChI=1S/C61H91NO13/c1-20-21-22-23-24-25-26-27-28-29-30-31-32-33-34-62-41-37-40(70-50(64)56(2,3)4)38-42(71-51(65)57(5,6)7)45(41)47(63)49(75-55(69)61(17,18)19)46(62)39-35-43(72-52(66)58(8,9)10)48(74-54(68)60(14,15)16)44(36-39)73-53(67)59(11,12)13/h35-38H,20-34H2,1-19H3. The lowest BCUT2D eigenvalue weighted by Crippen LogP contribution is -2.30. The zero-order chi connectivity index (χ0) is 57.1. The van der Waals surface area contributed by atoms with Crippen LogP contribution in [0.1, 0.15) is 221 Å². The summed E-state index contributed by atoms with van der Waals surface area (Å²) < 4.78 is 38.1. The molecule has 0 aliphatic rings. The summed E-state index contributed by atoms with van der Waals surface area (Å²) in [6.45, 7) is 32.0. The maximum Gasteiger partial charge on any atom is 0.316 e. The Morgan fingerprint density at radius 2 is 0.707 bits per heavy atom. The third kappa shape index (κ3) is 18.9. The molecule has 14 nitrogen and oxygen atoms in total. The van der Waals surface area contributed by atoms with Gasteiger partial charge in [-0.3, -0.25) is 33.6 Å². The summed E-state index contributed by atoms with van der Waals surface area (Å²) in [6, 6.07) is 5.53. The molecule has 0 fully saturated rings. The van der Waals surface area contributed by atoms with Crippen molar-refractivity contribution >= 4 is 46.7 Å². The van der Waals surface area contributed by atoms with Crippen molar-refractivity contribution in [1.29, 1.82) is 0 Å². The van der Waals surface area contributed by atoms with E-state index in [4.69, 9.17) is 28.4 Å². The highest BCUT2D eigenvalue weighted by Gasteiger charge is 2.37. The van der Waals surface area contributed by atoms with Crippen molar-refractivity contribution < 1.29 is 57.2 Å². The molecule has 0 amide bonds. The summed E-state index contributed by atoms with van der Waals surface area (Å²) in [5.74, 6) is -6.14. The quantitative estimate of drug-likeness (QED) is 0.0527. The number of rotatable bonds is 22. The molecule has 0 saturated heterocycles. The molecule has 1 aromatic heterocycles. The summed E-state index contributed by atoms with van der Waals surface area (Å²) in [6.07, 6.45) is 15.5. The van der Waals surface area contributed by atoms with Crippen molar-refractivity contribution in [3.05, 3.63) is 34.5 Å². The van der Waals surface area contributed by atoms with E-state index in [1.54, 1.807) is 129 Å². The smallest absolute Gasteiger partial charge is 0.316 e. The van der Waals surface area contributed by atoms with Crippen molar-refractivity contribution in [2.75, 3.05) is 0 Å². The Balaban J connectivity index is 2.57. The number of pyridine rings is 1. The first-order valence-electron chi connectivity index (χ1n) is 27.2. The van der Waals surface area contributed by atoms with Gasteiger partial charge in [0.25, 0.3) is 0 Å². The van der Waals surface area contributed by atoms with E-state index in [1.807, 2.05) is 0 Å². The van der Waals surface area contributed by atoms with Crippen LogP contribution in [-0.4, -0.2) is 40.4 Å². The molecule has 75 heavy (non-hydrogen) atoms. The van der Waals surface area contributed by atoms with Gasteiger partial charge >= 0.3 is 35.8 Å². The number of aryl methyl sites for hydroxylation is 1. The van der Waals surface area contributed by atoms with Gasteiger partial charge in [0.2, 0.25) is 16.9 Å². The van der Waals surface area contributed by atoms with Gasteiger partial charge in [-0.15, -0.1) is 0 Å². The zero-order valence-electron chi connectivity index (χ0n) is 49.2. The number of fused-ring (bicyclic) bond motifs is 1. The highest BCUT2D eigenvalue weighted by atomic mass is 16.6. The van der Waals surface area contributed by atoms with Crippen LogP contribution in [0.4, 0.5) is 0 Å². The summed E-state index contributed by atoms with van der Waals surface area (Å²) in [4.78, 5) is 98.7. The molecule has 1 heterocycles. The van der Waals surface area contributed by atoms with E-state index in [0.717, 1.165) is 32.1 Å². The number of aromatic nitrogens is 1. The lowest BCUT2D eigenvalue weighted by atomic mass is 9.96. The maximum absolute atomic E-state index is 15.6. The predicted octanol–water partition coefficient (Wildman–Crippen LogP) is 14.9. The van der Waals surface area contributed by atoms with Crippen LogP contribution in [0.5, 0.6) is 34.5 Å². The van der Waals surface area contributed by atoms with Crippen molar-refractivity contribution in [3.63, 3.8) is 0 Å². The van der Waals surface area contributed by atoms with Crippen molar-refractivity contribution in [1.82, 2.24) is 4.57 Å². The number of benzene rings is 2. The van der Waals surface area contributed by atoms with Crippen LogP contribution < -0.4 is 33.8 Å². The predicted molar refractivity (Wildman–Crippen MR) is 294 cm³/mol. The fourth-order valence-corrected chi connectivity index (χ4v) is 7.18. The SMILES string of the molecule is CCCCCCCCCCCCCCCCn1c(-c2cc(OC(=O)C(C)(C)C)c(OC(=O)C(C)(C)C)c(OC(=O)C(C)(C)C)c2)c(OC(=O)C(C)(C)C)c(=O)c2c(OC(=O)C(C)(C)C)cc(OC(=O)C(C)(C)C)cc21. The molecule has 0 spiro atoms. The molecule has 0 radical (unpaired) electrons. The topological polar surface area (TPSA) is 180 Å². The second-order valence-corrected chi connectivity index (χ2v) is 26.2. The molecule has 3 rings (SSSR count). The van der Waals surface area contributed by atoms with Gasteiger partial charge in [-0.1, -0.05) is 90.4 Å². The lowest BCUT2D eigenvalue weighted by molar-refractivity contribution is -0.146. The van der Waals surface area contributed by atoms with Crippen molar-refractivity contribution in [3.8, 4) is 45.8 Å². The van der Waals surface area contributed by atoms with E-state index < -0.39 is 79.5 Å². The van der Waals surface area contributed by atoms with E-state index in [9.17, 15) is 28.8 Å². The molecule has 418 valence electrons. The average Bonchev–Trinajstić information content (AvgIpc) is 3.26. The summed E-state index contributed by atoms with van der Waals surface area (Å²) >= 11 is 0. The largest absolute Gasteiger partial charge is 0.426 e. The Morgan fingerprint density at radius 3 is 1.08 bits per heavy atom. The highest BCUT2D eigenvalue weighted by molar-refractivity contribution is 5.96. The molecule has 0 aliphatic carbocycles. The highest BCUT2D eigenvalue weighted by Crippen LogP contribution is 2.47. The van der Waals surface area contributed by atoms with Gasteiger partial charge in [-0.2, -0.15) is 0 Å². The van der Waals surface area contributed by atoms with Crippen LogP contribution in [0, 0.1) is 32.5 Å². The van der Waals surface area contributed by atoms with Gasteiger partial charge in [0.1, 0.15) is 11.5 Å². The summed E-state index contributed by atoms with van der Waals surface area (Å²) in [5, 5.41) is -0.150. The summed E-state index contributed by atoms with van der Waals surface area (Å²) in [7, 11) is 0. The van der Waals surface area contributed by atoms with Gasteiger partial charge in [0.05, 0.1) is 49.1 Å². The number of hydrogen-bond donors (Lipinski definition) is 0. The minimum Gasteiger partial charge on any atom is -0.426 e. The van der Waals surface area contributed by atoms with E-state index in [2.05, 4.69) is 6.92 Å². The zero-order valence-corrected chi connectivity index (χ0v) is 49.2. The fourth-order valence-electron chi connectivity index (χ4n) is 7.18. The molecular weight excluding hydrogens is 955 g/mol. The van der Waals surface area contributed by atoms with Crippen LogP contribution in [0.25, 0.3) is 22.2 Å². The first kappa shape index (κ1) is 63.8. The van der Waals surface area contributed by atoms with Gasteiger partial charge in [-0.05, 0) is 143 Å². The number of hydrogen-bond acceptors (Lipinski definition) is 13. The number of carbonyl (C=O) groups excluding carboxylic acids is 6. The Labute approximate surface area is 447 Å². The first-order valence-corrected chi connectivity index (χ1v) is 27.2. The van der Waals surface area contributed by atoms with E-state index in [1.165, 1.54) is 75.6 Å². The van der Waals surface area contributed by atoms with Crippen molar-refractivity contribution in [2.24, 2.45) is 32.5 Å². The van der Waals surface area contributed by atoms with Gasteiger partial charge < -0.3 is 33.0 Å². The van der Waals surface area contributed by atoms with Crippen LogP contribution in [-0.2, 0) is 35.3 Å².